The molecular weight excluding hydrogens is 343 g/mol. The zero-order chi connectivity index (χ0) is 19.2. The summed E-state index contributed by atoms with van der Waals surface area (Å²) >= 11 is 0. The van der Waals surface area contributed by atoms with Crippen molar-refractivity contribution in [3.63, 3.8) is 0 Å². The number of amides is 1. The van der Waals surface area contributed by atoms with Crippen LogP contribution in [-0.2, 0) is 17.4 Å². The van der Waals surface area contributed by atoms with E-state index >= 15 is 0 Å². The molecule has 0 spiro atoms. The van der Waals surface area contributed by atoms with Gasteiger partial charge in [0.05, 0.1) is 12.2 Å². The van der Waals surface area contributed by atoms with Gasteiger partial charge < -0.3 is 10.1 Å². The Hall–Kier alpha value is -2.50. The molecule has 0 bridgehead atoms. The Morgan fingerprint density at radius 1 is 1.12 bits per heavy atom. The average Bonchev–Trinajstić information content (AvgIpc) is 2.59. The molecule has 140 valence electrons. The van der Waals surface area contributed by atoms with Gasteiger partial charge in [-0.3, -0.25) is 4.79 Å². The fourth-order valence-electron chi connectivity index (χ4n) is 2.57. The van der Waals surface area contributed by atoms with Gasteiger partial charge in [-0.15, -0.1) is 0 Å². The Labute approximate surface area is 151 Å². The van der Waals surface area contributed by atoms with Crippen molar-refractivity contribution >= 4 is 11.6 Å². The van der Waals surface area contributed by atoms with E-state index in [1.807, 2.05) is 25.1 Å². The summed E-state index contributed by atoms with van der Waals surface area (Å²) in [6.07, 6.45) is -2.77. The fourth-order valence-corrected chi connectivity index (χ4v) is 2.57. The molecule has 0 aliphatic carbocycles. The predicted molar refractivity (Wildman–Crippen MR) is 95.4 cm³/mol. The Kier molecular flexibility index (Phi) is 6.66. The van der Waals surface area contributed by atoms with Crippen molar-refractivity contribution in [2.45, 2.75) is 39.3 Å². The number of hydrogen-bond acceptors (Lipinski definition) is 2. The van der Waals surface area contributed by atoms with Crippen LogP contribution in [0.2, 0.25) is 0 Å². The first kappa shape index (κ1) is 19.8. The van der Waals surface area contributed by atoms with Gasteiger partial charge in [0.1, 0.15) is 5.75 Å². The Morgan fingerprint density at radius 3 is 2.42 bits per heavy atom. The van der Waals surface area contributed by atoms with Gasteiger partial charge in [-0.05, 0) is 55.2 Å². The second-order valence-electron chi connectivity index (χ2n) is 5.99. The highest BCUT2D eigenvalue weighted by molar-refractivity contribution is 5.90. The minimum Gasteiger partial charge on any atom is -0.493 e. The lowest BCUT2D eigenvalue weighted by Crippen LogP contribution is -2.13. The van der Waals surface area contributed by atoms with E-state index in [0.717, 1.165) is 35.4 Å². The van der Waals surface area contributed by atoms with E-state index in [2.05, 4.69) is 12.2 Å². The van der Waals surface area contributed by atoms with Crippen LogP contribution in [-0.4, -0.2) is 12.5 Å². The van der Waals surface area contributed by atoms with E-state index in [0.29, 0.717) is 18.7 Å². The number of alkyl halides is 3. The van der Waals surface area contributed by atoms with Gasteiger partial charge >= 0.3 is 6.18 Å². The molecule has 0 saturated heterocycles. The van der Waals surface area contributed by atoms with Crippen LogP contribution in [0.5, 0.6) is 5.75 Å². The van der Waals surface area contributed by atoms with Crippen LogP contribution in [0.1, 0.15) is 36.5 Å². The molecule has 0 aromatic heterocycles. The number of para-hydroxylation sites is 1. The lowest BCUT2D eigenvalue weighted by Gasteiger charge is -2.13. The molecule has 3 nitrogen and oxygen atoms in total. The summed E-state index contributed by atoms with van der Waals surface area (Å²) in [7, 11) is 0. The Bertz CT molecular complexity index is 740. The van der Waals surface area contributed by atoms with Gasteiger partial charge in [0.15, 0.2) is 0 Å². The number of halogens is 3. The summed E-state index contributed by atoms with van der Waals surface area (Å²) in [5.74, 6) is 0.604. The third kappa shape index (κ3) is 5.51. The quantitative estimate of drug-likeness (QED) is 0.670. The molecule has 0 unspecified atom stereocenters. The molecule has 0 saturated carbocycles. The number of ether oxygens (including phenoxy) is 1. The van der Waals surface area contributed by atoms with Gasteiger partial charge in [0.25, 0.3) is 0 Å². The van der Waals surface area contributed by atoms with Crippen LogP contribution in [0.25, 0.3) is 0 Å². The molecule has 2 aromatic carbocycles. The molecule has 2 rings (SSSR count). The number of carbonyl (C=O) groups is 1. The second kappa shape index (κ2) is 8.74. The molecule has 0 heterocycles. The van der Waals surface area contributed by atoms with Gasteiger partial charge in [0.2, 0.25) is 5.91 Å². The molecule has 0 atom stereocenters. The normalized spacial score (nSPS) is 11.3. The molecule has 26 heavy (non-hydrogen) atoms. The van der Waals surface area contributed by atoms with Gasteiger partial charge in [-0.25, -0.2) is 0 Å². The van der Waals surface area contributed by atoms with E-state index in [9.17, 15) is 18.0 Å². The topological polar surface area (TPSA) is 38.3 Å². The van der Waals surface area contributed by atoms with Crippen LogP contribution >= 0.6 is 0 Å². The van der Waals surface area contributed by atoms with Crippen molar-refractivity contribution in [3.05, 3.63) is 59.2 Å². The van der Waals surface area contributed by atoms with Crippen molar-refractivity contribution in [1.82, 2.24) is 0 Å². The zero-order valence-corrected chi connectivity index (χ0v) is 14.8. The maximum absolute atomic E-state index is 12.5. The molecule has 0 radical (unpaired) electrons. The summed E-state index contributed by atoms with van der Waals surface area (Å²) in [5.41, 5.74) is 1.78. The smallest absolute Gasteiger partial charge is 0.416 e. The van der Waals surface area contributed by atoms with Crippen LogP contribution in [0, 0.1) is 6.92 Å². The SMILES string of the molecule is CCc1cccc(C)c1OCCCC(=O)Nc1ccc(C(F)(F)F)cc1. The van der Waals surface area contributed by atoms with Crippen molar-refractivity contribution in [2.24, 2.45) is 0 Å². The van der Waals surface area contributed by atoms with Gasteiger partial charge in [-0.2, -0.15) is 13.2 Å². The molecule has 0 aliphatic heterocycles. The maximum atomic E-state index is 12.5. The lowest BCUT2D eigenvalue weighted by molar-refractivity contribution is -0.137. The van der Waals surface area contributed by atoms with E-state index in [4.69, 9.17) is 4.74 Å². The first-order valence-electron chi connectivity index (χ1n) is 8.49. The molecule has 0 fully saturated rings. The minimum absolute atomic E-state index is 0.231. The second-order valence-corrected chi connectivity index (χ2v) is 5.99. The summed E-state index contributed by atoms with van der Waals surface area (Å²) in [6.45, 7) is 4.43. The van der Waals surface area contributed by atoms with Crippen LogP contribution < -0.4 is 10.1 Å². The number of anilines is 1. The number of carbonyl (C=O) groups excluding carboxylic acids is 1. The maximum Gasteiger partial charge on any atom is 0.416 e. The molecular formula is C20H22F3NO2. The fraction of sp³-hybridized carbons (Fsp3) is 0.350. The van der Waals surface area contributed by atoms with Crippen LogP contribution in [0.4, 0.5) is 18.9 Å². The third-order valence-corrected chi connectivity index (χ3v) is 3.96. The summed E-state index contributed by atoms with van der Waals surface area (Å²) < 4.78 is 43.3. The molecule has 6 heteroatoms. The molecule has 2 aromatic rings. The average molecular weight is 365 g/mol. The van der Waals surface area contributed by atoms with E-state index in [1.165, 1.54) is 12.1 Å². The number of benzene rings is 2. The number of aryl methyl sites for hydroxylation is 2. The molecule has 0 aliphatic rings. The zero-order valence-electron chi connectivity index (χ0n) is 14.8. The third-order valence-electron chi connectivity index (χ3n) is 3.96. The first-order valence-corrected chi connectivity index (χ1v) is 8.49. The minimum atomic E-state index is -4.38. The Morgan fingerprint density at radius 2 is 1.81 bits per heavy atom. The summed E-state index contributed by atoms with van der Waals surface area (Å²) in [5, 5.41) is 2.59. The number of hydrogen-bond donors (Lipinski definition) is 1. The largest absolute Gasteiger partial charge is 0.493 e. The molecule has 1 N–H and O–H groups in total. The van der Waals surface area contributed by atoms with E-state index in [1.54, 1.807) is 0 Å². The van der Waals surface area contributed by atoms with Crippen molar-refractivity contribution in [3.8, 4) is 5.75 Å². The van der Waals surface area contributed by atoms with Gasteiger partial charge in [-0.1, -0.05) is 25.1 Å². The highest BCUT2D eigenvalue weighted by Crippen LogP contribution is 2.29. The lowest BCUT2D eigenvalue weighted by atomic mass is 10.1. The van der Waals surface area contributed by atoms with Crippen molar-refractivity contribution < 1.29 is 22.7 Å². The van der Waals surface area contributed by atoms with Crippen LogP contribution in [0.3, 0.4) is 0 Å². The first-order chi connectivity index (χ1) is 12.3. The highest BCUT2D eigenvalue weighted by atomic mass is 19.4. The number of rotatable bonds is 7. The standard InChI is InChI=1S/C20H22F3NO2/c1-3-15-7-4-6-14(2)19(15)26-13-5-8-18(25)24-17-11-9-16(10-12-17)20(21,22)23/h4,6-7,9-12H,3,5,8,13H2,1-2H3,(H,24,25). The van der Waals surface area contributed by atoms with E-state index < -0.39 is 11.7 Å². The van der Waals surface area contributed by atoms with Crippen LogP contribution in [0.15, 0.2) is 42.5 Å². The Balaban J connectivity index is 1.79. The van der Waals surface area contributed by atoms with Gasteiger partial charge in [0, 0.05) is 12.1 Å². The van der Waals surface area contributed by atoms with Crippen molar-refractivity contribution in [2.75, 3.05) is 11.9 Å². The monoisotopic (exact) mass is 365 g/mol. The highest BCUT2D eigenvalue weighted by Gasteiger charge is 2.29. The molecule has 1 amide bonds. The summed E-state index contributed by atoms with van der Waals surface area (Å²) in [4.78, 5) is 11.9. The van der Waals surface area contributed by atoms with Crippen molar-refractivity contribution in [1.29, 1.82) is 0 Å². The number of nitrogens with one attached hydrogen (secondary N) is 1. The predicted octanol–water partition coefficient (Wildman–Crippen LogP) is 5.37. The van der Waals surface area contributed by atoms with E-state index in [-0.39, 0.29) is 12.3 Å². The summed E-state index contributed by atoms with van der Waals surface area (Å²) in [6, 6.07) is 10.4.